The van der Waals surface area contributed by atoms with Gasteiger partial charge in [-0.1, -0.05) is 30.3 Å². The Morgan fingerprint density at radius 3 is 2.81 bits per heavy atom. The van der Waals surface area contributed by atoms with Crippen molar-refractivity contribution in [3.63, 3.8) is 0 Å². The van der Waals surface area contributed by atoms with Crippen LogP contribution in [0, 0.1) is 5.92 Å². The largest absolute Gasteiger partial charge is 0.338 e. The van der Waals surface area contributed by atoms with Gasteiger partial charge in [-0.15, -0.1) is 0 Å². The first-order valence-corrected chi connectivity index (χ1v) is 9.29. The number of carbonyl (C=O) groups excluding carboxylic acids is 1. The fourth-order valence-electron chi connectivity index (χ4n) is 3.55. The number of hydrogen-bond donors (Lipinski definition) is 2. The zero-order valence-electron chi connectivity index (χ0n) is 14.7. The molecule has 26 heavy (non-hydrogen) atoms. The van der Waals surface area contributed by atoms with Gasteiger partial charge in [-0.25, -0.2) is 9.78 Å². The number of nitrogens with one attached hydrogen (secondary N) is 2. The number of likely N-dealkylation sites (tertiary alicyclic amines) is 1. The van der Waals surface area contributed by atoms with E-state index in [9.17, 15) is 9.18 Å². The Hall–Kier alpha value is -2.44. The third-order valence-corrected chi connectivity index (χ3v) is 5.27. The van der Waals surface area contributed by atoms with Crippen LogP contribution in [0.5, 0.6) is 0 Å². The summed E-state index contributed by atoms with van der Waals surface area (Å²) in [5.74, 6) is 1.68. The Morgan fingerprint density at radius 1 is 1.27 bits per heavy atom. The van der Waals surface area contributed by atoms with Crippen LogP contribution in [0.4, 0.5) is 9.18 Å². The van der Waals surface area contributed by atoms with E-state index in [4.69, 9.17) is 0 Å². The zero-order valence-corrected chi connectivity index (χ0v) is 14.7. The minimum absolute atomic E-state index is 0.111. The summed E-state index contributed by atoms with van der Waals surface area (Å²) in [5, 5.41) is 10.2. The topological polar surface area (TPSA) is 73.9 Å². The van der Waals surface area contributed by atoms with Gasteiger partial charge < -0.3 is 10.2 Å². The molecule has 1 aliphatic heterocycles. The molecule has 2 aromatic rings. The first kappa shape index (κ1) is 17.0. The van der Waals surface area contributed by atoms with Crippen LogP contribution in [-0.2, 0) is 6.42 Å². The third kappa shape index (κ3) is 3.71. The number of halogens is 1. The van der Waals surface area contributed by atoms with Crippen LogP contribution in [0.15, 0.2) is 30.3 Å². The van der Waals surface area contributed by atoms with Crippen LogP contribution in [-0.4, -0.2) is 52.4 Å². The molecule has 2 amide bonds. The van der Waals surface area contributed by atoms with E-state index in [0.717, 1.165) is 25.1 Å². The molecule has 0 unspecified atom stereocenters. The van der Waals surface area contributed by atoms with Gasteiger partial charge >= 0.3 is 6.03 Å². The standard InChI is InChI=1S/C19H24FN5O/c20-10-15-11-25(19(26)21-9-8-13-4-2-1-3-5-13)12-16(15)18-22-17(23-24-18)14-6-7-14/h1-5,14-16H,6-12H2,(H,21,26)(H,22,23,24)/t15-,16-/m1/s1. The van der Waals surface area contributed by atoms with Crippen LogP contribution in [0.2, 0.25) is 0 Å². The van der Waals surface area contributed by atoms with Gasteiger partial charge in [-0.2, -0.15) is 5.10 Å². The summed E-state index contributed by atoms with van der Waals surface area (Å²) in [6.07, 6.45) is 3.04. The van der Waals surface area contributed by atoms with Crippen molar-refractivity contribution in [2.45, 2.75) is 31.1 Å². The average Bonchev–Trinajstić information content (AvgIpc) is 3.24. The molecule has 2 aliphatic rings. The fraction of sp³-hybridized carbons (Fsp3) is 0.526. The Labute approximate surface area is 152 Å². The van der Waals surface area contributed by atoms with Crippen molar-refractivity contribution in [1.82, 2.24) is 25.4 Å². The summed E-state index contributed by atoms with van der Waals surface area (Å²) in [5.41, 5.74) is 1.18. The minimum atomic E-state index is -0.460. The molecule has 2 atom stereocenters. The molecule has 2 heterocycles. The van der Waals surface area contributed by atoms with Gasteiger partial charge in [0.2, 0.25) is 0 Å². The average molecular weight is 357 g/mol. The summed E-state index contributed by atoms with van der Waals surface area (Å²) in [6, 6.07) is 9.89. The van der Waals surface area contributed by atoms with Crippen LogP contribution >= 0.6 is 0 Å². The van der Waals surface area contributed by atoms with Crippen molar-refractivity contribution in [2.75, 3.05) is 26.3 Å². The molecule has 0 radical (unpaired) electrons. The quantitative estimate of drug-likeness (QED) is 0.835. The first-order chi connectivity index (χ1) is 12.7. The molecular formula is C19H24FN5O. The second-order valence-corrected chi connectivity index (χ2v) is 7.25. The molecule has 1 aromatic heterocycles. The second-order valence-electron chi connectivity index (χ2n) is 7.25. The number of nitrogens with zero attached hydrogens (tertiary/aromatic N) is 3. The number of amides is 2. The molecule has 0 bridgehead atoms. The van der Waals surface area contributed by atoms with Gasteiger partial charge in [-0.05, 0) is 24.8 Å². The van der Waals surface area contributed by atoms with Gasteiger partial charge in [0.25, 0.3) is 0 Å². The van der Waals surface area contributed by atoms with Crippen LogP contribution in [0.3, 0.4) is 0 Å². The Balaban J connectivity index is 1.32. The van der Waals surface area contributed by atoms with E-state index in [2.05, 4.69) is 20.5 Å². The molecule has 1 aliphatic carbocycles. The van der Waals surface area contributed by atoms with Crippen molar-refractivity contribution < 1.29 is 9.18 Å². The monoisotopic (exact) mass is 357 g/mol. The number of hydrogen-bond acceptors (Lipinski definition) is 3. The number of H-pyrrole nitrogens is 1. The van der Waals surface area contributed by atoms with Crippen LogP contribution in [0.25, 0.3) is 0 Å². The summed E-state index contributed by atoms with van der Waals surface area (Å²) in [4.78, 5) is 18.7. The van der Waals surface area contributed by atoms with Gasteiger partial charge in [0, 0.05) is 37.4 Å². The molecular weight excluding hydrogens is 333 g/mol. The first-order valence-electron chi connectivity index (χ1n) is 9.29. The highest BCUT2D eigenvalue weighted by atomic mass is 19.1. The molecule has 2 fully saturated rings. The molecule has 138 valence electrons. The number of urea groups is 1. The van der Waals surface area contributed by atoms with E-state index >= 15 is 0 Å². The van der Waals surface area contributed by atoms with E-state index in [1.165, 1.54) is 5.56 Å². The lowest BCUT2D eigenvalue weighted by atomic mass is 9.97. The molecule has 6 nitrogen and oxygen atoms in total. The maximum Gasteiger partial charge on any atom is 0.317 e. The lowest BCUT2D eigenvalue weighted by Gasteiger charge is -2.17. The number of alkyl halides is 1. The Morgan fingerprint density at radius 2 is 2.08 bits per heavy atom. The van der Waals surface area contributed by atoms with Gasteiger partial charge in [0.05, 0.1) is 6.67 Å². The summed E-state index contributed by atoms with van der Waals surface area (Å²) < 4.78 is 13.5. The third-order valence-electron chi connectivity index (χ3n) is 5.27. The van der Waals surface area contributed by atoms with Crippen molar-refractivity contribution in [2.24, 2.45) is 5.92 Å². The highest BCUT2D eigenvalue weighted by Gasteiger charge is 2.39. The predicted octanol–water partition coefficient (Wildman–Crippen LogP) is 2.62. The van der Waals surface area contributed by atoms with Crippen LogP contribution < -0.4 is 5.32 Å². The van der Waals surface area contributed by atoms with Crippen molar-refractivity contribution in [1.29, 1.82) is 0 Å². The normalized spacial score (nSPS) is 22.6. The summed E-state index contributed by atoms with van der Waals surface area (Å²) in [6.45, 7) is 0.999. The molecule has 2 N–H and O–H groups in total. The minimum Gasteiger partial charge on any atom is -0.338 e. The smallest absolute Gasteiger partial charge is 0.317 e. The Kier molecular flexibility index (Phi) is 4.86. The number of aromatic nitrogens is 3. The number of aromatic amines is 1. The second kappa shape index (κ2) is 7.43. The summed E-state index contributed by atoms with van der Waals surface area (Å²) >= 11 is 0. The van der Waals surface area contributed by atoms with Crippen molar-refractivity contribution >= 4 is 6.03 Å². The number of benzene rings is 1. The lowest BCUT2D eigenvalue weighted by Crippen LogP contribution is -2.39. The van der Waals surface area contributed by atoms with Crippen molar-refractivity contribution in [3.05, 3.63) is 47.5 Å². The molecule has 4 rings (SSSR count). The van der Waals surface area contributed by atoms with Crippen molar-refractivity contribution in [3.8, 4) is 0 Å². The number of carbonyl (C=O) groups is 1. The lowest BCUT2D eigenvalue weighted by molar-refractivity contribution is 0.206. The van der Waals surface area contributed by atoms with Gasteiger partial charge in [0.15, 0.2) is 5.82 Å². The molecule has 1 saturated carbocycles. The van der Waals surface area contributed by atoms with E-state index in [1.54, 1.807) is 4.90 Å². The van der Waals surface area contributed by atoms with Gasteiger partial charge in [-0.3, -0.25) is 9.49 Å². The number of rotatable bonds is 6. The fourth-order valence-corrected chi connectivity index (χ4v) is 3.55. The zero-order chi connectivity index (χ0) is 17.9. The van der Waals surface area contributed by atoms with E-state index in [0.29, 0.717) is 31.4 Å². The van der Waals surface area contributed by atoms with E-state index in [1.807, 2.05) is 30.3 Å². The Bertz CT molecular complexity index is 745. The summed E-state index contributed by atoms with van der Waals surface area (Å²) in [7, 11) is 0. The van der Waals surface area contributed by atoms with E-state index in [-0.39, 0.29) is 17.9 Å². The molecule has 7 heteroatoms. The molecule has 0 spiro atoms. The highest BCUT2D eigenvalue weighted by molar-refractivity contribution is 5.74. The highest BCUT2D eigenvalue weighted by Crippen LogP contribution is 2.39. The molecule has 1 saturated heterocycles. The SMILES string of the molecule is O=C(NCCc1ccccc1)N1C[C@@H](CF)[C@H](c2nc(C3CC3)n[nH]2)C1. The van der Waals surface area contributed by atoms with Crippen LogP contribution in [0.1, 0.15) is 41.9 Å². The maximum atomic E-state index is 13.5. The van der Waals surface area contributed by atoms with E-state index < -0.39 is 6.67 Å². The van der Waals surface area contributed by atoms with Gasteiger partial charge in [0.1, 0.15) is 5.82 Å². The predicted molar refractivity (Wildman–Crippen MR) is 95.7 cm³/mol. The molecule has 1 aromatic carbocycles. The maximum absolute atomic E-state index is 13.5.